The van der Waals surface area contributed by atoms with Crippen LogP contribution in [0.3, 0.4) is 0 Å². The van der Waals surface area contributed by atoms with Gasteiger partial charge in [-0.2, -0.15) is 5.26 Å². The number of non-ortho nitro benzene ring substituents is 1. The van der Waals surface area contributed by atoms with E-state index in [1.54, 1.807) is 24.3 Å². The van der Waals surface area contributed by atoms with Crippen LogP contribution in [-0.2, 0) is 0 Å². The highest BCUT2D eigenvalue weighted by molar-refractivity contribution is 5.89. The first-order chi connectivity index (χ1) is 8.70. The van der Waals surface area contributed by atoms with Crippen molar-refractivity contribution in [1.82, 2.24) is 0 Å². The molecule has 0 aliphatic rings. The molecule has 0 saturated heterocycles. The molecule has 0 fully saturated rings. The van der Waals surface area contributed by atoms with E-state index < -0.39 is 4.92 Å². The molecule has 5 heteroatoms. The number of benzene rings is 1. The van der Waals surface area contributed by atoms with Gasteiger partial charge in [-0.15, -0.1) is 0 Å². The first-order valence-electron chi connectivity index (χ1n) is 5.09. The minimum absolute atomic E-state index is 0.000601. The Morgan fingerprint density at radius 2 is 2.06 bits per heavy atom. The summed E-state index contributed by atoms with van der Waals surface area (Å²) >= 11 is 0. The third-order valence-electron chi connectivity index (χ3n) is 2.36. The molecule has 0 aliphatic heterocycles. The molecule has 0 N–H and O–H groups in total. The van der Waals surface area contributed by atoms with E-state index in [1.165, 1.54) is 24.7 Å². The van der Waals surface area contributed by atoms with Crippen LogP contribution in [0.5, 0.6) is 0 Å². The van der Waals surface area contributed by atoms with Crippen molar-refractivity contribution >= 4 is 17.3 Å². The van der Waals surface area contributed by atoms with E-state index in [9.17, 15) is 10.1 Å². The molecule has 2 aromatic rings. The lowest BCUT2D eigenvalue weighted by Gasteiger charge is -1.98. The van der Waals surface area contributed by atoms with Crippen LogP contribution < -0.4 is 0 Å². The van der Waals surface area contributed by atoms with Crippen LogP contribution >= 0.6 is 0 Å². The molecule has 5 nitrogen and oxygen atoms in total. The summed E-state index contributed by atoms with van der Waals surface area (Å²) in [6.45, 7) is 0. The van der Waals surface area contributed by atoms with E-state index in [0.717, 1.165) is 5.56 Å². The maximum atomic E-state index is 10.5. The lowest BCUT2D eigenvalue weighted by molar-refractivity contribution is -0.384. The van der Waals surface area contributed by atoms with Gasteiger partial charge in [-0.05, 0) is 29.8 Å². The van der Waals surface area contributed by atoms with E-state index >= 15 is 0 Å². The van der Waals surface area contributed by atoms with Crippen LogP contribution in [0.4, 0.5) is 5.69 Å². The number of nitro benzene ring substituents is 1. The molecule has 88 valence electrons. The van der Waals surface area contributed by atoms with Crippen LogP contribution in [0, 0.1) is 21.4 Å². The second-order valence-electron chi connectivity index (χ2n) is 3.53. The molecule has 0 aliphatic carbocycles. The van der Waals surface area contributed by atoms with Gasteiger partial charge in [0.15, 0.2) is 0 Å². The van der Waals surface area contributed by atoms with E-state index in [0.29, 0.717) is 11.1 Å². The smallest absolute Gasteiger partial charge is 0.269 e. The van der Waals surface area contributed by atoms with Crippen LogP contribution in [0.2, 0.25) is 0 Å². The summed E-state index contributed by atoms with van der Waals surface area (Å²) in [4.78, 5) is 10.0. The SMILES string of the molecule is N#C/C(=C/c1ccoc1)c1ccc([N+](=O)[O-])cc1. The normalized spacial score (nSPS) is 10.9. The fourth-order valence-corrected chi connectivity index (χ4v) is 1.47. The van der Waals surface area contributed by atoms with E-state index in [2.05, 4.69) is 6.07 Å². The van der Waals surface area contributed by atoms with Crippen molar-refractivity contribution in [3.05, 3.63) is 64.1 Å². The van der Waals surface area contributed by atoms with E-state index in [4.69, 9.17) is 9.68 Å². The zero-order valence-electron chi connectivity index (χ0n) is 9.24. The van der Waals surface area contributed by atoms with Crippen LogP contribution in [0.25, 0.3) is 11.6 Å². The molecule has 0 bridgehead atoms. The number of nitriles is 1. The Bertz CT molecular complexity index is 619. The Labute approximate surface area is 103 Å². The van der Waals surface area contributed by atoms with Crippen molar-refractivity contribution in [2.75, 3.05) is 0 Å². The molecule has 1 aromatic heterocycles. The molecule has 18 heavy (non-hydrogen) atoms. The molecule has 0 amide bonds. The molecule has 0 unspecified atom stereocenters. The van der Waals surface area contributed by atoms with Crippen LogP contribution in [0.1, 0.15) is 11.1 Å². The van der Waals surface area contributed by atoms with Crippen molar-refractivity contribution in [2.45, 2.75) is 0 Å². The molecular weight excluding hydrogens is 232 g/mol. The summed E-state index contributed by atoms with van der Waals surface area (Å²) in [7, 11) is 0. The highest BCUT2D eigenvalue weighted by Crippen LogP contribution is 2.20. The maximum Gasteiger partial charge on any atom is 0.269 e. The zero-order valence-corrected chi connectivity index (χ0v) is 9.24. The summed E-state index contributed by atoms with van der Waals surface area (Å²) in [5.74, 6) is 0. The van der Waals surface area contributed by atoms with E-state index in [-0.39, 0.29) is 5.69 Å². The Morgan fingerprint density at radius 1 is 1.33 bits per heavy atom. The first-order valence-corrected chi connectivity index (χ1v) is 5.09. The van der Waals surface area contributed by atoms with E-state index in [1.807, 2.05) is 0 Å². The summed E-state index contributed by atoms with van der Waals surface area (Å²) in [5, 5.41) is 19.6. The van der Waals surface area contributed by atoms with Crippen molar-refractivity contribution in [3.63, 3.8) is 0 Å². The topological polar surface area (TPSA) is 80.1 Å². The number of allylic oxidation sites excluding steroid dienone is 1. The van der Waals surface area contributed by atoms with Gasteiger partial charge in [-0.3, -0.25) is 10.1 Å². The molecule has 0 spiro atoms. The Hall–Kier alpha value is -2.87. The third-order valence-corrected chi connectivity index (χ3v) is 2.36. The average Bonchev–Trinajstić information content (AvgIpc) is 2.89. The van der Waals surface area contributed by atoms with Gasteiger partial charge in [0.05, 0.1) is 29.1 Å². The Morgan fingerprint density at radius 3 is 2.56 bits per heavy atom. The second kappa shape index (κ2) is 4.97. The summed E-state index contributed by atoms with van der Waals surface area (Å²) in [6.07, 6.45) is 4.68. The van der Waals surface area contributed by atoms with Gasteiger partial charge in [-0.25, -0.2) is 0 Å². The van der Waals surface area contributed by atoms with Gasteiger partial charge in [0.2, 0.25) is 0 Å². The van der Waals surface area contributed by atoms with Crippen molar-refractivity contribution in [3.8, 4) is 6.07 Å². The summed E-state index contributed by atoms with van der Waals surface area (Å²) in [6, 6.07) is 9.62. The lowest BCUT2D eigenvalue weighted by Crippen LogP contribution is -1.88. The molecule has 0 atom stereocenters. The lowest BCUT2D eigenvalue weighted by atomic mass is 10.0. The standard InChI is InChI=1S/C13H8N2O3/c14-8-12(7-10-5-6-18-9-10)11-1-3-13(4-2-11)15(16)17/h1-7,9H/b12-7-. The number of furan rings is 1. The second-order valence-corrected chi connectivity index (χ2v) is 3.53. The third kappa shape index (κ3) is 2.44. The molecule has 2 rings (SSSR count). The zero-order chi connectivity index (χ0) is 13.0. The number of hydrogen-bond donors (Lipinski definition) is 0. The highest BCUT2D eigenvalue weighted by atomic mass is 16.6. The number of nitro groups is 1. The van der Waals surface area contributed by atoms with Gasteiger partial charge in [0.1, 0.15) is 0 Å². The van der Waals surface area contributed by atoms with Crippen molar-refractivity contribution < 1.29 is 9.34 Å². The monoisotopic (exact) mass is 240 g/mol. The fraction of sp³-hybridized carbons (Fsp3) is 0. The average molecular weight is 240 g/mol. The summed E-state index contributed by atoms with van der Waals surface area (Å²) in [5.41, 5.74) is 1.82. The van der Waals surface area contributed by atoms with Gasteiger partial charge in [-0.1, -0.05) is 0 Å². The Kier molecular flexibility index (Phi) is 3.21. The van der Waals surface area contributed by atoms with Crippen molar-refractivity contribution in [1.29, 1.82) is 5.26 Å². The van der Waals surface area contributed by atoms with Gasteiger partial charge >= 0.3 is 0 Å². The van der Waals surface area contributed by atoms with Gasteiger partial charge < -0.3 is 4.42 Å². The fourth-order valence-electron chi connectivity index (χ4n) is 1.47. The molecule has 0 radical (unpaired) electrons. The van der Waals surface area contributed by atoms with Crippen molar-refractivity contribution in [2.24, 2.45) is 0 Å². The van der Waals surface area contributed by atoms with Crippen LogP contribution in [-0.4, -0.2) is 4.92 Å². The minimum atomic E-state index is -0.477. The first kappa shape index (κ1) is 11.6. The number of hydrogen-bond acceptors (Lipinski definition) is 4. The number of nitrogens with zero attached hydrogens (tertiary/aromatic N) is 2. The summed E-state index contributed by atoms with van der Waals surface area (Å²) < 4.78 is 4.90. The largest absolute Gasteiger partial charge is 0.472 e. The predicted molar refractivity (Wildman–Crippen MR) is 65.3 cm³/mol. The minimum Gasteiger partial charge on any atom is -0.472 e. The molecule has 1 heterocycles. The Balaban J connectivity index is 2.35. The van der Waals surface area contributed by atoms with Crippen LogP contribution in [0.15, 0.2) is 47.3 Å². The van der Waals surface area contributed by atoms with Gasteiger partial charge in [0.25, 0.3) is 5.69 Å². The quantitative estimate of drug-likeness (QED) is 0.468. The number of rotatable bonds is 3. The maximum absolute atomic E-state index is 10.5. The molecule has 0 saturated carbocycles. The predicted octanol–water partition coefficient (Wildman–Crippen LogP) is 3.25. The molecular formula is C13H8N2O3. The molecule has 1 aromatic carbocycles. The highest BCUT2D eigenvalue weighted by Gasteiger charge is 2.06. The van der Waals surface area contributed by atoms with Gasteiger partial charge in [0, 0.05) is 17.7 Å².